The van der Waals surface area contributed by atoms with Gasteiger partial charge < -0.3 is 0 Å². The number of nitrogens with zero attached hydrogens (tertiary/aromatic N) is 1. The van der Waals surface area contributed by atoms with Gasteiger partial charge in [-0.25, -0.2) is 0 Å². The topological polar surface area (TPSA) is 12.4 Å². The smallest absolute Gasteiger partial charge is 0.0523 e. The number of rotatable bonds is 2. The molecule has 0 radical (unpaired) electrons. The Bertz CT molecular complexity index is 117. The van der Waals surface area contributed by atoms with Crippen molar-refractivity contribution in [3.8, 4) is 0 Å². The second kappa shape index (κ2) is 3.75. The zero-order valence-corrected chi connectivity index (χ0v) is 7.86. The summed E-state index contributed by atoms with van der Waals surface area (Å²) < 4.78 is 0. The van der Waals surface area contributed by atoms with Crippen molar-refractivity contribution in [2.75, 3.05) is 0 Å². The van der Waals surface area contributed by atoms with Crippen molar-refractivity contribution in [1.82, 2.24) is 0 Å². The molecule has 0 aliphatic heterocycles. The van der Waals surface area contributed by atoms with E-state index in [1.165, 1.54) is 12.1 Å². The van der Waals surface area contributed by atoms with E-state index in [9.17, 15) is 0 Å². The number of aliphatic imine (C=N–C) groups is 1. The quantitative estimate of drug-likeness (QED) is 0.524. The molecule has 0 aromatic carbocycles. The lowest BCUT2D eigenvalue weighted by Crippen LogP contribution is -2.12. The average Bonchev–Trinajstić information content (AvgIpc) is 1.59. The molecule has 0 aliphatic rings. The van der Waals surface area contributed by atoms with Gasteiger partial charge in [0.2, 0.25) is 0 Å². The minimum absolute atomic E-state index is 0.110. The van der Waals surface area contributed by atoms with E-state index in [0.717, 1.165) is 6.42 Å². The van der Waals surface area contributed by atoms with Gasteiger partial charge in [-0.15, -0.1) is 0 Å². The zero-order valence-electron chi connectivity index (χ0n) is 7.86. The van der Waals surface area contributed by atoms with Crippen LogP contribution in [0, 0.1) is 0 Å². The maximum atomic E-state index is 4.52. The largest absolute Gasteiger partial charge is 0.289 e. The van der Waals surface area contributed by atoms with Crippen molar-refractivity contribution < 1.29 is 0 Å². The third-order valence-electron chi connectivity index (χ3n) is 1.14. The number of hydrogen-bond acceptors (Lipinski definition) is 1. The highest BCUT2D eigenvalue weighted by molar-refractivity contribution is 5.82. The molecule has 0 saturated heterocycles. The fraction of sp³-hybridized carbons (Fsp3) is 0.889. The Morgan fingerprint density at radius 2 is 1.80 bits per heavy atom. The number of hydrogen-bond donors (Lipinski definition) is 0. The van der Waals surface area contributed by atoms with Gasteiger partial charge in [0.15, 0.2) is 0 Å². The highest BCUT2D eigenvalue weighted by atomic mass is 14.8. The Balaban J connectivity index is 3.90. The van der Waals surface area contributed by atoms with Crippen LogP contribution in [0.3, 0.4) is 0 Å². The molecule has 1 nitrogen and oxygen atoms in total. The molecule has 0 unspecified atom stereocenters. The molecule has 0 saturated carbocycles. The molecule has 0 heterocycles. The highest BCUT2D eigenvalue weighted by Gasteiger charge is 2.06. The van der Waals surface area contributed by atoms with Gasteiger partial charge in [-0.2, -0.15) is 0 Å². The monoisotopic (exact) mass is 141 g/mol. The van der Waals surface area contributed by atoms with Gasteiger partial charge in [-0.1, -0.05) is 13.3 Å². The summed E-state index contributed by atoms with van der Waals surface area (Å²) in [5, 5.41) is 0. The Morgan fingerprint density at radius 1 is 1.30 bits per heavy atom. The third-order valence-corrected chi connectivity index (χ3v) is 1.14. The Morgan fingerprint density at radius 3 is 2.10 bits per heavy atom. The Labute approximate surface area is 64.6 Å². The molecule has 0 rings (SSSR count). The van der Waals surface area contributed by atoms with E-state index >= 15 is 0 Å². The van der Waals surface area contributed by atoms with Gasteiger partial charge in [0.05, 0.1) is 5.54 Å². The lowest BCUT2D eigenvalue weighted by Gasteiger charge is -2.13. The van der Waals surface area contributed by atoms with Crippen LogP contribution in [0.15, 0.2) is 4.99 Å². The maximum absolute atomic E-state index is 4.52. The lowest BCUT2D eigenvalue weighted by molar-refractivity contribution is 0.581. The minimum atomic E-state index is 0.110. The van der Waals surface area contributed by atoms with Gasteiger partial charge in [0.1, 0.15) is 0 Å². The van der Waals surface area contributed by atoms with Gasteiger partial charge in [-0.05, 0) is 34.1 Å². The van der Waals surface area contributed by atoms with E-state index in [2.05, 4.69) is 39.6 Å². The fourth-order valence-electron chi connectivity index (χ4n) is 0.990. The summed E-state index contributed by atoms with van der Waals surface area (Å²) in [4.78, 5) is 4.52. The zero-order chi connectivity index (χ0) is 8.20. The van der Waals surface area contributed by atoms with Gasteiger partial charge in [0.25, 0.3) is 0 Å². The molecule has 0 atom stereocenters. The first kappa shape index (κ1) is 9.67. The van der Waals surface area contributed by atoms with Crippen LogP contribution >= 0.6 is 0 Å². The van der Waals surface area contributed by atoms with Crippen LogP contribution in [-0.4, -0.2) is 11.3 Å². The van der Waals surface area contributed by atoms with Gasteiger partial charge >= 0.3 is 0 Å². The average molecular weight is 141 g/mol. The van der Waals surface area contributed by atoms with E-state index in [0.29, 0.717) is 0 Å². The predicted octanol–water partition coefficient (Wildman–Crippen LogP) is 3.05. The molecule has 0 amide bonds. The molecule has 0 spiro atoms. The summed E-state index contributed by atoms with van der Waals surface area (Å²) in [7, 11) is 0. The molecule has 10 heavy (non-hydrogen) atoms. The van der Waals surface area contributed by atoms with Crippen molar-refractivity contribution in [1.29, 1.82) is 0 Å². The normalized spacial score (nSPS) is 13.9. The summed E-state index contributed by atoms with van der Waals surface area (Å²) in [6.07, 6.45) is 2.34. The van der Waals surface area contributed by atoms with Gasteiger partial charge in [-0.3, -0.25) is 4.99 Å². The van der Waals surface area contributed by atoms with Crippen LogP contribution in [-0.2, 0) is 0 Å². The Kier molecular flexibility index (Phi) is 3.62. The van der Waals surface area contributed by atoms with Crippen LogP contribution < -0.4 is 0 Å². The first-order chi connectivity index (χ1) is 4.45. The fourth-order valence-corrected chi connectivity index (χ4v) is 0.990. The molecule has 0 fully saturated rings. The standard InChI is InChI=1S/C9H19N/c1-6-7-8(2)10-9(3,4)5/h6-7H2,1-5H3/b10-8-. The molecular weight excluding hydrogens is 122 g/mol. The van der Waals surface area contributed by atoms with Crippen LogP contribution in [0.5, 0.6) is 0 Å². The van der Waals surface area contributed by atoms with Crippen LogP contribution in [0.1, 0.15) is 47.5 Å². The SMILES string of the molecule is CCC/C(C)=N\C(C)(C)C. The third kappa shape index (κ3) is 5.80. The second-order valence-electron chi connectivity index (χ2n) is 3.77. The molecule has 0 aromatic heterocycles. The molecule has 1 heteroatoms. The molecule has 0 bridgehead atoms. The summed E-state index contributed by atoms with van der Waals surface area (Å²) in [5.74, 6) is 0. The van der Waals surface area contributed by atoms with Crippen LogP contribution in [0.4, 0.5) is 0 Å². The van der Waals surface area contributed by atoms with Crippen molar-refractivity contribution >= 4 is 5.71 Å². The Hall–Kier alpha value is -0.330. The minimum Gasteiger partial charge on any atom is -0.289 e. The van der Waals surface area contributed by atoms with Crippen molar-refractivity contribution in [2.45, 2.75) is 53.0 Å². The van der Waals surface area contributed by atoms with E-state index in [1.807, 2.05) is 0 Å². The van der Waals surface area contributed by atoms with E-state index in [1.54, 1.807) is 0 Å². The molecule has 0 aliphatic carbocycles. The second-order valence-corrected chi connectivity index (χ2v) is 3.77. The van der Waals surface area contributed by atoms with Crippen molar-refractivity contribution in [3.05, 3.63) is 0 Å². The van der Waals surface area contributed by atoms with E-state index in [4.69, 9.17) is 0 Å². The molecule has 0 N–H and O–H groups in total. The molecule has 60 valence electrons. The summed E-state index contributed by atoms with van der Waals surface area (Å²) in [6, 6.07) is 0. The van der Waals surface area contributed by atoms with Crippen molar-refractivity contribution in [3.63, 3.8) is 0 Å². The van der Waals surface area contributed by atoms with E-state index in [-0.39, 0.29) is 5.54 Å². The summed E-state index contributed by atoms with van der Waals surface area (Å²) in [6.45, 7) is 10.7. The van der Waals surface area contributed by atoms with Crippen LogP contribution in [0.25, 0.3) is 0 Å². The summed E-state index contributed by atoms with van der Waals surface area (Å²) in [5.41, 5.74) is 1.38. The molecule has 0 aromatic rings. The van der Waals surface area contributed by atoms with Crippen molar-refractivity contribution in [2.24, 2.45) is 4.99 Å². The van der Waals surface area contributed by atoms with E-state index < -0.39 is 0 Å². The van der Waals surface area contributed by atoms with Gasteiger partial charge in [0, 0.05) is 5.71 Å². The van der Waals surface area contributed by atoms with Crippen LogP contribution in [0.2, 0.25) is 0 Å². The lowest BCUT2D eigenvalue weighted by atomic mass is 10.1. The first-order valence-electron chi connectivity index (χ1n) is 4.01. The first-order valence-corrected chi connectivity index (χ1v) is 4.01. The highest BCUT2D eigenvalue weighted by Crippen LogP contribution is 2.08. The summed E-state index contributed by atoms with van der Waals surface area (Å²) >= 11 is 0. The molecular formula is C9H19N. The predicted molar refractivity (Wildman–Crippen MR) is 47.8 cm³/mol. The maximum Gasteiger partial charge on any atom is 0.0523 e.